The molecule has 20 heavy (non-hydrogen) atoms. The van der Waals surface area contributed by atoms with E-state index in [1.807, 2.05) is 6.92 Å². The highest BCUT2D eigenvalue weighted by Crippen LogP contribution is 2.38. The second-order valence-electron chi connectivity index (χ2n) is 5.61. The van der Waals surface area contributed by atoms with Crippen molar-refractivity contribution in [2.75, 3.05) is 0 Å². The van der Waals surface area contributed by atoms with Crippen LogP contribution in [0.3, 0.4) is 0 Å². The molecule has 110 valence electrons. The molecular weight excluding hydrogens is 276 g/mol. The molecule has 2 rings (SSSR count). The molecule has 0 spiro atoms. The van der Waals surface area contributed by atoms with E-state index in [9.17, 15) is 0 Å². The first kappa shape index (κ1) is 16.6. The van der Waals surface area contributed by atoms with Crippen LogP contribution in [0.5, 0.6) is 0 Å². The molecule has 0 amide bonds. The van der Waals surface area contributed by atoms with Crippen molar-refractivity contribution in [3.8, 4) is 0 Å². The molecule has 4 heteroatoms. The van der Waals surface area contributed by atoms with E-state index in [1.165, 1.54) is 18.4 Å². The molecular formula is C16H21ClO3. The van der Waals surface area contributed by atoms with E-state index in [2.05, 4.69) is 44.2 Å². The van der Waals surface area contributed by atoms with E-state index in [0.29, 0.717) is 0 Å². The van der Waals surface area contributed by atoms with Gasteiger partial charge in [-0.15, -0.1) is 0 Å². The molecule has 0 aliphatic heterocycles. The highest BCUT2D eigenvalue weighted by molar-refractivity contribution is 6.31. The summed E-state index contributed by atoms with van der Waals surface area (Å²) >= 11 is 6.21. The minimum Gasteiger partial charge on any atom is -0.450 e. The molecule has 3 nitrogen and oxygen atoms in total. The van der Waals surface area contributed by atoms with E-state index in [4.69, 9.17) is 26.6 Å². The van der Waals surface area contributed by atoms with Crippen LogP contribution < -0.4 is 0 Å². The van der Waals surface area contributed by atoms with Gasteiger partial charge < -0.3 is 10.2 Å². The van der Waals surface area contributed by atoms with Gasteiger partial charge in [-0.1, -0.05) is 49.7 Å². The molecule has 2 atom stereocenters. The van der Waals surface area contributed by atoms with Crippen LogP contribution in [-0.2, 0) is 5.41 Å². The third-order valence-electron chi connectivity index (χ3n) is 3.63. The van der Waals surface area contributed by atoms with Crippen molar-refractivity contribution in [2.45, 2.75) is 39.0 Å². The van der Waals surface area contributed by atoms with E-state index in [1.54, 1.807) is 0 Å². The number of allylic oxidation sites excluding steroid dienone is 2. The van der Waals surface area contributed by atoms with Crippen molar-refractivity contribution >= 4 is 17.8 Å². The summed E-state index contributed by atoms with van der Waals surface area (Å²) < 4.78 is 0. The largest absolute Gasteiger partial charge is 0.503 e. The molecule has 2 unspecified atom stereocenters. The molecule has 0 fully saturated rings. The number of halogens is 1. The van der Waals surface area contributed by atoms with E-state index >= 15 is 0 Å². The minimum atomic E-state index is -1.83. The second-order valence-corrected chi connectivity index (χ2v) is 6.02. The minimum absolute atomic E-state index is 0.162. The number of benzene rings is 1. The fourth-order valence-corrected chi connectivity index (χ4v) is 2.78. The molecule has 0 saturated heterocycles. The molecule has 0 radical (unpaired) electrons. The number of aryl methyl sites for hydroxylation is 1. The first-order chi connectivity index (χ1) is 9.24. The van der Waals surface area contributed by atoms with Crippen LogP contribution in [0.4, 0.5) is 4.79 Å². The van der Waals surface area contributed by atoms with Crippen molar-refractivity contribution in [2.24, 2.45) is 5.92 Å². The van der Waals surface area contributed by atoms with Crippen LogP contribution in [0.25, 0.3) is 0 Å². The van der Waals surface area contributed by atoms with E-state index < -0.39 is 6.16 Å². The topological polar surface area (TPSA) is 57.5 Å². The normalized spacial score (nSPS) is 24.7. The van der Waals surface area contributed by atoms with Crippen LogP contribution in [-0.4, -0.2) is 16.4 Å². The maximum Gasteiger partial charge on any atom is 0.503 e. The average Bonchev–Trinajstić information content (AvgIpc) is 2.31. The Labute approximate surface area is 124 Å². The third-order valence-corrected chi connectivity index (χ3v) is 4.04. The van der Waals surface area contributed by atoms with Crippen LogP contribution in [0, 0.1) is 12.8 Å². The Morgan fingerprint density at radius 2 is 2.00 bits per heavy atom. The van der Waals surface area contributed by atoms with Crippen molar-refractivity contribution in [1.29, 1.82) is 0 Å². The zero-order valence-electron chi connectivity index (χ0n) is 12.1. The Morgan fingerprint density at radius 1 is 1.40 bits per heavy atom. The molecule has 1 aliphatic rings. The van der Waals surface area contributed by atoms with Gasteiger partial charge in [0, 0.05) is 10.4 Å². The summed E-state index contributed by atoms with van der Waals surface area (Å²) in [6.45, 7) is 6.67. The molecule has 1 aliphatic carbocycles. The third kappa shape index (κ3) is 4.57. The van der Waals surface area contributed by atoms with Crippen molar-refractivity contribution in [3.05, 3.63) is 46.5 Å². The highest BCUT2D eigenvalue weighted by Gasteiger charge is 2.28. The SMILES string of the molecule is Cc1ccc(C2(C)C=CCC(C)C2)cc1Cl.O=C(O)O. The van der Waals surface area contributed by atoms with Gasteiger partial charge in [0.15, 0.2) is 0 Å². The Kier molecular flexibility index (Phi) is 5.63. The lowest BCUT2D eigenvalue weighted by Gasteiger charge is -2.33. The molecule has 1 aromatic rings. The maximum atomic E-state index is 8.56. The van der Waals surface area contributed by atoms with Crippen LogP contribution in [0.15, 0.2) is 30.4 Å². The summed E-state index contributed by atoms with van der Waals surface area (Å²) in [5, 5.41) is 14.8. The first-order valence-electron chi connectivity index (χ1n) is 6.61. The van der Waals surface area contributed by atoms with Crippen LogP contribution >= 0.6 is 11.6 Å². The Hall–Kier alpha value is -1.48. The van der Waals surface area contributed by atoms with E-state index in [-0.39, 0.29) is 5.41 Å². The summed E-state index contributed by atoms with van der Waals surface area (Å²) in [5.74, 6) is 0.759. The van der Waals surface area contributed by atoms with Crippen molar-refractivity contribution in [1.82, 2.24) is 0 Å². The summed E-state index contributed by atoms with van der Waals surface area (Å²) in [6.07, 6.45) is 5.23. The van der Waals surface area contributed by atoms with Gasteiger partial charge in [0.25, 0.3) is 0 Å². The monoisotopic (exact) mass is 296 g/mol. The molecule has 2 N–H and O–H groups in total. The number of carboxylic acid groups (broad SMARTS) is 2. The summed E-state index contributed by atoms with van der Waals surface area (Å²) in [6, 6.07) is 6.46. The maximum absolute atomic E-state index is 8.56. The molecule has 0 aromatic heterocycles. The fraction of sp³-hybridized carbons (Fsp3) is 0.438. The zero-order valence-corrected chi connectivity index (χ0v) is 12.8. The van der Waals surface area contributed by atoms with Gasteiger partial charge >= 0.3 is 6.16 Å². The van der Waals surface area contributed by atoms with Gasteiger partial charge in [-0.25, -0.2) is 4.79 Å². The Bertz CT molecular complexity index is 506. The predicted octanol–water partition coefficient (Wildman–Crippen LogP) is 5.11. The van der Waals surface area contributed by atoms with Crippen LogP contribution in [0.1, 0.15) is 37.8 Å². The van der Waals surface area contributed by atoms with Crippen LogP contribution in [0.2, 0.25) is 5.02 Å². The predicted molar refractivity (Wildman–Crippen MR) is 81.7 cm³/mol. The fourth-order valence-electron chi connectivity index (χ4n) is 2.60. The first-order valence-corrected chi connectivity index (χ1v) is 6.98. The highest BCUT2D eigenvalue weighted by atomic mass is 35.5. The quantitative estimate of drug-likeness (QED) is 0.708. The zero-order chi connectivity index (χ0) is 15.3. The molecule has 0 heterocycles. The number of hydrogen-bond acceptors (Lipinski definition) is 1. The lowest BCUT2D eigenvalue weighted by atomic mass is 9.71. The molecule has 0 bridgehead atoms. The lowest BCUT2D eigenvalue weighted by Crippen LogP contribution is -2.25. The number of hydrogen-bond donors (Lipinski definition) is 2. The smallest absolute Gasteiger partial charge is 0.450 e. The van der Waals surface area contributed by atoms with E-state index in [0.717, 1.165) is 16.5 Å². The number of rotatable bonds is 1. The van der Waals surface area contributed by atoms with Crippen molar-refractivity contribution < 1.29 is 15.0 Å². The Balaban J connectivity index is 0.000000444. The second kappa shape index (κ2) is 6.80. The standard InChI is InChI=1S/C15H19Cl.CH2O3/c1-11-5-4-8-15(3,10-11)13-7-6-12(2)14(16)9-13;2-1(3)4/h4,6-9,11H,5,10H2,1-3H3;(H2,2,3,4). The summed E-state index contributed by atoms with van der Waals surface area (Å²) in [7, 11) is 0. The van der Waals surface area contributed by atoms with Crippen molar-refractivity contribution in [3.63, 3.8) is 0 Å². The van der Waals surface area contributed by atoms with Gasteiger partial charge in [0.05, 0.1) is 0 Å². The van der Waals surface area contributed by atoms with Gasteiger partial charge in [-0.3, -0.25) is 0 Å². The summed E-state index contributed by atoms with van der Waals surface area (Å²) in [5.41, 5.74) is 2.66. The number of carbonyl (C=O) groups is 1. The van der Waals surface area contributed by atoms with Gasteiger partial charge in [-0.2, -0.15) is 0 Å². The van der Waals surface area contributed by atoms with Gasteiger partial charge in [0.1, 0.15) is 0 Å². The molecule has 0 saturated carbocycles. The van der Waals surface area contributed by atoms with Gasteiger partial charge in [-0.05, 0) is 42.9 Å². The molecule has 1 aromatic carbocycles. The summed E-state index contributed by atoms with van der Waals surface area (Å²) in [4.78, 5) is 8.56. The average molecular weight is 297 g/mol. The lowest BCUT2D eigenvalue weighted by molar-refractivity contribution is 0.137. The van der Waals surface area contributed by atoms with Gasteiger partial charge in [0.2, 0.25) is 0 Å². The Morgan fingerprint density at radius 3 is 2.50 bits per heavy atom.